The Kier molecular flexibility index (Phi) is 4.10. The Labute approximate surface area is 126 Å². The molecule has 7 heteroatoms. The number of thiazole rings is 1. The van der Waals surface area contributed by atoms with Gasteiger partial charge in [0, 0.05) is 23.9 Å². The van der Waals surface area contributed by atoms with Gasteiger partial charge in [0.15, 0.2) is 0 Å². The highest BCUT2D eigenvalue weighted by Gasteiger charge is 2.14. The monoisotopic (exact) mass is 304 g/mol. The SMILES string of the molecule is O=[N+]([O-])c1ccc(NCCc2nc3c(s2)CCCC3)nc1. The molecule has 0 aromatic carbocycles. The average molecular weight is 304 g/mol. The van der Waals surface area contributed by atoms with Gasteiger partial charge >= 0.3 is 0 Å². The van der Waals surface area contributed by atoms with E-state index in [0.717, 1.165) is 24.4 Å². The highest BCUT2D eigenvalue weighted by molar-refractivity contribution is 7.11. The fourth-order valence-corrected chi connectivity index (χ4v) is 3.56. The standard InChI is InChI=1S/C14H16N4O2S/c19-18(20)10-5-6-13(16-9-10)15-8-7-14-17-11-3-1-2-4-12(11)21-14/h5-6,9H,1-4,7-8H2,(H,15,16). The lowest BCUT2D eigenvalue weighted by Crippen LogP contribution is -2.06. The highest BCUT2D eigenvalue weighted by Crippen LogP contribution is 2.26. The van der Waals surface area contributed by atoms with Gasteiger partial charge in [-0.05, 0) is 31.7 Å². The third-order valence-electron chi connectivity index (χ3n) is 3.49. The molecule has 1 aliphatic rings. The van der Waals surface area contributed by atoms with Gasteiger partial charge < -0.3 is 5.32 Å². The lowest BCUT2D eigenvalue weighted by atomic mass is 10.0. The molecule has 0 saturated heterocycles. The van der Waals surface area contributed by atoms with Gasteiger partial charge in [-0.1, -0.05) is 0 Å². The summed E-state index contributed by atoms with van der Waals surface area (Å²) >= 11 is 1.82. The van der Waals surface area contributed by atoms with E-state index in [1.54, 1.807) is 6.07 Å². The third-order valence-corrected chi connectivity index (χ3v) is 4.71. The molecule has 2 heterocycles. The van der Waals surface area contributed by atoms with Gasteiger partial charge in [-0.25, -0.2) is 9.97 Å². The normalized spacial score (nSPS) is 13.7. The van der Waals surface area contributed by atoms with E-state index in [9.17, 15) is 10.1 Å². The fraction of sp³-hybridized carbons (Fsp3) is 0.429. The van der Waals surface area contributed by atoms with Gasteiger partial charge in [0.2, 0.25) is 0 Å². The number of nitrogens with zero attached hydrogens (tertiary/aromatic N) is 3. The summed E-state index contributed by atoms with van der Waals surface area (Å²) in [6, 6.07) is 3.09. The van der Waals surface area contributed by atoms with Crippen LogP contribution >= 0.6 is 11.3 Å². The van der Waals surface area contributed by atoms with E-state index < -0.39 is 4.92 Å². The van der Waals surface area contributed by atoms with Crippen molar-refractivity contribution >= 4 is 22.8 Å². The minimum atomic E-state index is -0.448. The van der Waals surface area contributed by atoms with Gasteiger partial charge in [0.1, 0.15) is 12.0 Å². The van der Waals surface area contributed by atoms with Crippen molar-refractivity contribution < 1.29 is 4.92 Å². The quantitative estimate of drug-likeness (QED) is 0.678. The molecule has 0 unspecified atom stereocenters. The predicted molar refractivity (Wildman–Crippen MR) is 81.8 cm³/mol. The van der Waals surface area contributed by atoms with Crippen LogP contribution in [0.15, 0.2) is 18.3 Å². The van der Waals surface area contributed by atoms with Crippen molar-refractivity contribution in [3.05, 3.63) is 44.0 Å². The van der Waals surface area contributed by atoms with E-state index in [-0.39, 0.29) is 5.69 Å². The van der Waals surface area contributed by atoms with Gasteiger partial charge in [-0.3, -0.25) is 10.1 Å². The zero-order valence-electron chi connectivity index (χ0n) is 11.5. The van der Waals surface area contributed by atoms with Crippen LogP contribution in [0, 0.1) is 10.1 Å². The van der Waals surface area contributed by atoms with Crippen molar-refractivity contribution in [2.75, 3.05) is 11.9 Å². The largest absolute Gasteiger partial charge is 0.370 e. The highest BCUT2D eigenvalue weighted by atomic mass is 32.1. The van der Waals surface area contributed by atoms with Crippen molar-refractivity contribution in [3.63, 3.8) is 0 Å². The summed E-state index contributed by atoms with van der Waals surface area (Å²) in [6.45, 7) is 0.733. The van der Waals surface area contributed by atoms with Crippen molar-refractivity contribution in [2.45, 2.75) is 32.1 Å². The van der Waals surface area contributed by atoms with Gasteiger partial charge in [-0.15, -0.1) is 11.3 Å². The Hall–Kier alpha value is -2.02. The molecule has 3 rings (SSSR count). The molecule has 0 atom stereocenters. The predicted octanol–water partition coefficient (Wildman–Crippen LogP) is 2.98. The Morgan fingerprint density at radius 1 is 1.33 bits per heavy atom. The average Bonchev–Trinajstić information content (AvgIpc) is 2.90. The van der Waals surface area contributed by atoms with Crippen LogP contribution in [0.2, 0.25) is 0 Å². The summed E-state index contributed by atoms with van der Waals surface area (Å²) in [5.74, 6) is 0.655. The second-order valence-corrected chi connectivity index (χ2v) is 6.19. The molecule has 0 spiro atoms. The summed E-state index contributed by atoms with van der Waals surface area (Å²) in [4.78, 5) is 20.3. The van der Waals surface area contributed by atoms with Crippen LogP contribution in [0.4, 0.5) is 11.5 Å². The topological polar surface area (TPSA) is 81.0 Å². The van der Waals surface area contributed by atoms with Crippen molar-refractivity contribution in [2.24, 2.45) is 0 Å². The Morgan fingerprint density at radius 2 is 2.19 bits per heavy atom. The minimum Gasteiger partial charge on any atom is -0.370 e. The number of aromatic nitrogens is 2. The number of hydrogen-bond acceptors (Lipinski definition) is 6. The number of fused-ring (bicyclic) bond motifs is 1. The summed E-state index contributed by atoms with van der Waals surface area (Å²) in [5, 5.41) is 14.9. The van der Waals surface area contributed by atoms with E-state index in [0.29, 0.717) is 5.82 Å². The third kappa shape index (κ3) is 3.36. The summed E-state index contributed by atoms with van der Waals surface area (Å²) in [7, 11) is 0. The minimum absolute atomic E-state index is 0.00755. The number of nitrogens with one attached hydrogen (secondary N) is 1. The maximum Gasteiger partial charge on any atom is 0.287 e. The number of anilines is 1. The molecular formula is C14H16N4O2S. The first-order valence-electron chi connectivity index (χ1n) is 7.04. The van der Waals surface area contributed by atoms with Gasteiger partial charge in [-0.2, -0.15) is 0 Å². The first-order chi connectivity index (χ1) is 10.2. The molecule has 0 bridgehead atoms. The summed E-state index contributed by atoms with van der Waals surface area (Å²) in [6.07, 6.45) is 6.94. The molecule has 0 amide bonds. The van der Waals surface area contributed by atoms with Crippen LogP contribution < -0.4 is 5.32 Å². The zero-order valence-corrected chi connectivity index (χ0v) is 12.4. The summed E-state index contributed by atoms with van der Waals surface area (Å²) in [5.41, 5.74) is 1.29. The molecule has 0 radical (unpaired) electrons. The molecule has 110 valence electrons. The number of hydrogen-bond donors (Lipinski definition) is 1. The molecule has 21 heavy (non-hydrogen) atoms. The van der Waals surface area contributed by atoms with Crippen LogP contribution in [-0.2, 0) is 19.3 Å². The summed E-state index contributed by atoms with van der Waals surface area (Å²) < 4.78 is 0. The van der Waals surface area contributed by atoms with Crippen molar-refractivity contribution in [1.82, 2.24) is 9.97 Å². The lowest BCUT2D eigenvalue weighted by Gasteiger charge is -2.06. The van der Waals surface area contributed by atoms with Crippen LogP contribution in [0.3, 0.4) is 0 Å². The second kappa shape index (κ2) is 6.17. The Balaban J connectivity index is 1.53. The molecule has 1 aliphatic carbocycles. The number of aryl methyl sites for hydroxylation is 2. The molecule has 0 saturated carbocycles. The Bertz CT molecular complexity index is 615. The first kappa shape index (κ1) is 13.9. The molecule has 1 N–H and O–H groups in total. The fourth-order valence-electron chi connectivity index (χ4n) is 2.41. The molecule has 2 aromatic rings. The maximum atomic E-state index is 10.5. The van der Waals surface area contributed by atoms with Gasteiger partial charge in [0.05, 0.1) is 15.6 Å². The zero-order chi connectivity index (χ0) is 14.7. The van der Waals surface area contributed by atoms with Crippen LogP contribution in [0.1, 0.15) is 28.4 Å². The van der Waals surface area contributed by atoms with E-state index in [1.165, 1.54) is 42.1 Å². The van der Waals surface area contributed by atoms with Crippen LogP contribution in [-0.4, -0.2) is 21.4 Å². The number of pyridine rings is 1. The van der Waals surface area contributed by atoms with E-state index in [4.69, 9.17) is 0 Å². The number of nitro groups is 1. The van der Waals surface area contributed by atoms with E-state index in [1.807, 2.05) is 11.3 Å². The molecule has 0 fully saturated rings. The van der Waals surface area contributed by atoms with Crippen molar-refractivity contribution in [3.8, 4) is 0 Å². The molecule has 2 aromatic heterocycles. The first-order valence-corrected chi connectivity index (χ1v) is 7.86. The van der Waals surface area contributed by atoms with Crippen LogP contribution in [0.5, 0.6) is 0 Å². The molecule has 6 nitrogen and oxygen atoms in total. The second-order valence-electron chi connectivity index (χ2n) is 5.02. The maximum absolute atomic E-state index is 10.5. The molecule has 0 aliphatic heterocycles. The smallest absolute Gasteiger partial charge is 0.287 e. The molecular weight excluding hydrogens is 288 g/mol. The van der Waals surface area contributed by atoms with Gasteiger partial charge in [0.25, 0.3) is 5.69 Å². The van der Waals surface area contributed by atoms with E-state index in [2.05, 4.69) is 15.3 Å². The number of rotatable bonds is 5. The lowest BCUT2D eigenvalue weighted by molar-refractivity contribution is -0.385. The van der Waals surface area contributed by atoms with Crippen molar-refractivity contribution in [1.29, 1.82) is 0 Å². The van der Waals surface area contributed by atoms with Crippen LogP contribution in [0.25, 0.3) is 0 Å². The Morgan fingerprint density at radius 3 is 2.90 bits per heavy atom. The van der Waals surface area contributed by atoms with E-state index >= 15 is 0 Å².